The van der Waals surface area contributed by atoms with Gasteiger partial charge in [-0.1, -0.05) is 0 Å². The lowest BCUT2D eigenvalue weighted by molar-refractivity contribution is 0.269. The quantitative estimate of drug-likeness (QED) is 0.681. The van der Waals surface area contributed by atoms with Gasteiger partial charge in [0, 0.05) is 18.1 Å². The molecule has 1 aliphatic rings. The monoisotopic (exact) mass is 188 g/mol. The minimum atomic E-state index is 0.468. The second-order valence-corrected chi connectivity index (χ2v) is 4.76. The molecule has 3 heteroatoms. The molecule has 3 N–H and O–H groups in total. The molecular weight excluding hydrogens is 168 g/mol. The highest BCUT2D eigenvalue weighted by atomic mass is 32.2. The van der Waals surface area contributed by atoms with E-state index in [4.69, 9.17) is 5.73 Å². The topological polar surface area (TPSA) is 38.0 Å². The third kappa shape index (κ3) is 3.33. The first kappa shape index (κ1) is 10.4. The van der Waals surface area contributed by atoms with E-state index < -0.39 is 0 Å². The van der Waals surface area contributed by atoms with E-state index in [1.54, 1.807) is 0 Å². The average molecular weight is 188 g/mol. The summed E-state index contributed by atoms with van der Waals surface area (Å²) in [4.78, 5) is 0. The Hall–Kier alpha value is 0.270. The first-order valence-corrected chi connectivity index (χ1v) is 6.12. The Bertz CT molecular complexity index is 124. The summed E-state index contributed by atoms with van der Waals surface area (Å²) in [6.07, 6.45) is 5.77. The lowest BCUT2D eigenvalue weighted by atomic mass is 9.87. The molecule has 0 aromatic rings. The molecule has 2 nitrogen and oxygen atoms in total. The molecular formula is C9H20N2S. The van der Waals surface area contributed by atoms with Crippen molar-refractivity contribution in [2.24, 2.45) is 5.73 Å². The van der Waals surface area contributed by atoms with Crippen molar-refractivity contribution in [2.75, 3.05) is 12.0 Å². The zero-order valence-electron chi connectivity index (χ0n) is 8.05. The summed E-state index contributed by atoms with van der Waals surface area (Å²) in [6, 6.07) is 1.84. The summed E-state index contributed by atoms with van der Waals surface area (Å²) in [7, 11) is 0. The largest absolute Gasteiger partial charge is 0.328 e. The molecule has 0 saturated heterocycles. The molecule has 1 saturated carbocycles. The second-order valence-electron chi connectivity index (χ2n) is 3.78. The van der Waals surface area contributed by atoms with E-state index >= 15 is 0 Å². The molecule has 1 rings (SSSR count). The third-order valence-electron chi connectivity index (χ3n) is 2.45. The normalized spacial score (nSPS) is 31.2. The van der Waals surface area contributed by atoms with Crippen molar-refractivity contribution < 1.29 is 0 Å². The van der Waals surface area contributed by atoms with Crippen molar-refractivity contribution in [3.63, 3.8) is 0 Å². The number of hydrogen-bond acceptors (Lipinski definition) is 3. The fraction of sp³-hybridized carbons (Fsp3) is 1.00. The van der Waals surface area contributed by atoms with Crippen LogP contribution in [0, 0.1) is 0 Å². The van der Waals surface area contributed by atoms with Crippen molar-refractivity contribution in [1.29, 1.82) is 0 Å². The number of thioether (sulfide) groups is 1. The number of nitrogens with one attached hydrogen (secondary N) is 1. The lowest BCUT2D eigenvalue weighted by Gasteiger charge is -2.35. The van der Waals surface area contributed by atoms with Gasteiger partial charge in [-0.05, 0) is 38.2 Å². The van der Waals surface area contributed by atoms with Crippen molar-refractivity contribution in [3.05, 3.63) is 0 Å². The minimum absolute atomic E-state index is 0.468. The van der Waals surface area contributed by atoms with E-state index in [0.29, 0.717) is 18.1 Å². The van der Waals surface area contributed by atoms with Crippen LogP contribution in [0.1, 0.15) is 26.2 Å². The average Bonchev–Trinajstić information content (AvgIpc) is 1.98. The zero-order valence-corrected chi connectivity index (χ0v) is 8.86. The fourth-order valence-electron chi connectivity index (χ4n) is 1.58. The minimum Gasteiger partial charge on any atom is -0.328 e. The number of rotatable bonds is 5. The Morgan fingerprint density at radius 1 is 1.58 bits per heavy atom. The van der Waals surface area contributed by atoms with E-state index in [0.717, 1.165) is 0 Å². The van der Waals surface area contributed by atoms with Crippen LogP contribution in [0.15, 0.2) is 0 Å². The van der Waals surface area contributed by atoms with Crippen LogP contribution in [0.3, 0.4) is 0 Å². The van der Waals surface area contributed by atoms with Crippen molar-refractivity contribution in [1.82, 2.24) is 5.32 Å². The van der Waals surface area contributed by atoms with Crippen LogP contribution in [0.2, 0.25) is 0 Å². The van der Waals surface area contributed by atoms with Crippen LogP contribution in [0.5, 0.6) is 0 Å². The Labute approximate surface area is 79.7 Å². The molecule has 0 heterocycles. The van der Waals surface area contributed by atoms with Gasteiger partial charge in [-0.25, -0.2) is 0 Å². The van der Waals surface area contributed by atoms with E-state index in [1.165, 1.54) is 25.0 Å². The van der Waals surface area contributed by atoms with Gasteiger partial charge in [-0.3, -0.25) is 0 Å². The van der Waals surface area contributed by atoms with Crippen molar-refractivity contribution in [3.8, 4) is 0 Å². The molecule has 0 aliphatic heterocycles. The number of hydrogen-bond donors (Lipinski definition) is 2. The van der Waals surface area contributed by atoms with E-state index in [2.05, 4.69) is 18.5 Å². The van der Waals surface area contributed by atoms with Gasteiger partial charge >= 0.3 is 0 Å². The summed E-state index contributed by atoms with van der Waals surface area (Å²) < 4.78 is 0. The van der Waals surface area contributed by atoms with Crippen molar-refractivity contribution >= 4 is 11.8 Å². The Balaban J connectivity index is 1.98. The SMILES string of the molecule is CSCCC(C)NC1CC(N)C1. The molecule has 1 fully saturated rings. The van der Waals surface area contributed by atoms with Gasteiger partial charge in [-0.2, -0.15) is 11.8 Å². The van der Waals surface area contributed by atoms with Crippen LogP contribution in [-0.4, -0.2) is 30.1 Å². The molecule has 0 bridgehead atoms. The smallest absolute Gasteiger partial charge is 0.00990 e. The highest BCUT2D eigenvalue weighted by molar-refractivity contribution is 7.98. The maximum Gasteiger partial charge on any atom is 0.00990 e. The standard InChI is InChI=1S/C9H20N2S/c1-7(3-4-12-2)11-9-5-8(10)6-9/h7-9,11H,3-6,10H2,1-2H3. The molecule has 0 aromatic carbocycles. The molecule has 1 aliphatic carbocycles. The predicted molar refractivity (Wildman–Crippen MR) is 56.6 cm³/mol. The molecule has 0 radical (unpaired) electrons. The lowest BCUT2D eigenvalue weighted by Crippen LogP contribution is -2.51. The van der Waals surface area contributed by atoms with Crippen LogP contribution in [0.4, 0.5) is 0 Å². The predicted octanol–water partition coefficient (Wildman–Crippen LogP) is 1.21. The molecule has 0 amide bonds. The van der Waals surface area contributed by atoms with Crippen LogP contribution in [-0.2, 0) is 0 Å². The van der Waals surface area contributed by atoms with Gasteiger partial charge in [0.1, 0.15) is 0 Å². The highest BCUT2D eigenvalue weighted by Crippen LogP contribution is 2.18. The second kappa shape index (κ2) is 5.10. The van der Waals surface area contributed by atoms with Crippen LogP contribution in [0.25, 0.3) is 0 Å². The van der Waals surface area contributed by atoms with Gasteiger partial charge < -0.3 is 11.1 Å². The molecule has 72 valence electrons. The summed E-state index contributed by atoms with van der Waals surface area (Å²) in [5.74, 6) is 1.26. The summed E-state index contributed by atoms with van der Waals surface area (Å²) >= 11 is 1.92. The summed E-state index contributed by atoms with van der Waals surface area (Å²) in [5.41, 5.74) is 5.70. The maximum absolute atomic E-state index is 5.70. The molecule has 1 unspecified atom stereocenters. The van der Waals surface area contributed by atoms with Gasteiger partial charge in [0.05, 0.1) is 0 Å². The Morgan fingerprint density at radius 2 is 2.25 bits per heavy atom. The van der Waals surface area contributed by atoms with Gasteiger partial charge in [0.15, 0.2) is 0 Å². The third-order valence-corrected chi connectivity index (χ3v) is 3.09. The first-order valence-electron chi connectivity index (χ1n) is 4.73. The molecule has 12 heavy (non-hydrogen) atoms. The highest BCUT2D eigenvalue weighted by Gasteiger charge is 2.26. The van der Waals surface area contributed by atoms with Gasteiger partial charge in [-0.15, -0.1) is 0 Å². The Morgan fingerprint density at radius 3 is 2.75 bits per heavy atom. The van der Waals surface area contributed by atoms with E-state index in [9.17, 15) is 0 Å². The molecule has 1 atom stereocenters. The first-order chi connectivity index (χ1) is 5.72. The zero-order chi connectivity index (χ0) is 8.97. The van der Waals surface area contributed by atoms with E-state index in [1.807, 2.05) is 11.8 Å². The van der Waals surface area contributed by atoms with Crippen LogP contribution >= 0.6 is 11.8 Å². The number of nitrogens with two attached hydrogens (primary N) is 1. The van der Waals surface area contributed by atoms with Crippen molar-refractivity contribution in [2.45, 2.75) is 44.3 Å². The van der Waals surface area contributed by atoms with Crippen LogP contribution < -0.4 is 11.1 Å². The van der Waals surface area contributed by atoms with Gasteiger partial charge in [0.25, 0.3) is 0 Å². The maximum atomic E-state index is 5.70. The molecule has 0 aromatic heterocycles. The van der Waals surface area contributed by atoms with Gasteiger partial charge in [0.2, 0.25) is 0 Å². The van der Waals surface area contributed by atoms with E-state index in [-0.39, 0.29) is 0 Å². The molecule has 0 spiro atoms. The summed E-state index contributed by atoms with van der Waals surface area (Å²) in [5, 5.41) is 3.59. The summed E-state index contributed by atoms with van der Waals surface area (Å²) in [6.45, 7) is 2.26. The fourth-order valence-corrected chi connectivity index (χ4v) is 2.17. The Kier molecular flexibility index (Phi) is 4.40.